The van der Waals surface area contributed by atoms with Gasteiger partial charge in [-0.25, -0.2) is 15.0 Å². The van der Waals surface area contributed by atoms with Crippen molar-refractivity contribution in [3.05, 3.63) is 59.5 Å². The van der Waals surface area contributed by atoms with Crippen molar-refractivity contribution in [2.24, 2.45) is 5.92 Å². The number of aromatic nitrogens is 3. The van der Waals surface area contributed by atoms with E-state index in [1.807, 2.05) is 30.3 Å². The molecule has 2 fully saturated rings. The Bertz CT molecular complexity index is 1220. The number of carbonyl (C=O) groups excluding carboxylic acids is 2. The summed E-state index contributed by atoms with van der Waals surface area (Å²) in [5, 5.41) is 1.90. The second-order valence-corrected chi connectivity index (χ2v) is 9.32. The van der Waals surface area contributed by atoms with Gasteiger partial charge in [0.2, 0.25) is 5.95 Å². The van der Waals surface area contributed by atoms with Gasteiger partial charge in [0, 0.05) is 32.9 Å². The zero-order chi connectivity index (χ0) is 23.5. The van der Waals surface area contributed by atoms with Crippen molar-refractivity contribution in [3.63, 3.8) is 0 Å². The Morgan fingerprint density at radius 1 is 1.18 bits per heavy atom. The Hall–Kier alpha value is -3.66. The van der Waals surface area contributed by atoms with Crippen molar-refractivity contribution in [1.29, 1.82) is 0 Å². The minimum atomic E-state index is -0.385. The molecule has 0 spiro atoms. The van der Waals surface area contributed by atoms with Gasteiger partial charge in [-0.15, -0.1) is 0 Å². The van der Waals surface area contributed by atoms with Gasteiger partial charge in [0.15, 0.2) is 5.76 Å². The van der Waals surface area contributed by atoms with Crippen LogP contribution in [-0.2, 0) is 4.79 Å². The highest BCUT2D eigenvalue weighted by molar-refractivity contribution is 8.18. The number of nitrogens with one attached hydrogen (secondary N) is 1. The highest BCUT2D eigenvalue weighted by atomic mass is 32.2. The van der Waals surface area contributed by atoms with Gasteiger partial charge in [0.1, 0.15) is 11.5 Å². The molecule has 1 N–H and O–H groups in total. The molecule has 34 heavy (non-hydrogen) atoms. The predicted octanol–water partition coefficient (Wildman–Crippen LogP) is 3.81. The van der Waals surface area contributed by atoms with Crippen molar-refractivity contribution in [2.75, 3.05) is 36.5 Å². The third kappa shape index (κ3) is 4.96. The molecule has 2 aliphatic heterocycles. The van der Waals surface area contributed by atoms with Crippen LogP contribution in [0.4, 0.5) is 16.6 Å². The first-order valence-electron chi connectivity index (χ1n) is 11.1. The highest BCUT2D eigenvalue weighted by Gasteiger charge is 2.26. The number of piperidine rings is 1. The lowest BCUT2D eigenvalue weighted by Gasteiger charge is -2.34. The number of hydrogen-bond donors (Lipinski definition) is 1. The van der Waals surface area contributed by atoms with Crippen molar-refractivity contribution < 1.29 is 14.0 Å². The average Bonchev–Trinajstić information content (AvgIpc) is 3.50. The van der Waals surface area contributed by atoms with Gasteiger partial charge in [-0.3, -0.25) is 14.9 Å². The van der Waals surface area contributed by atoms with E-state index >= 15 is 0 Å². The molecule has 2 aliphatic rings. The topological polar surface area (TPSA) is 104 Å². The SMILES string of the molecule is CN(CC1CCN(c2nccc(/C=C3\SC(=O)NC3=O)n2)CC1)c1cccc(-c2ccco2)n1. The number of hydrogen-bond acceptors (Lipinski definition) is 9. The van der Waals surface area contributed by atoms with E-state index in [1.54, 1.807) is 24.6 Å². The Labute approximate surface area is 201 Å². The maximum Gasteiger partial charge on any atom is 0.290 e. The molecule has 174 valence electrons. The number of nitrogens with zero attached hydrogens (tertiary/aromatic N) is 5. The summed E-state index contributed by atoms with van der Waals surface area (Å²) in [5.41, 5.74) is 1.44. The number of thioether (sulfide) groups is 1. The lowest BCUT2D eigenvalue weighted by atomic mass is 9.96. The zero-order valence-electron chi connectivity index (χ0n) is 18.7. The first-order chi connectivity index (χ1) is 16.5. The van der Waals surface area contributed by atoms with Crippen LogP contribution in [0.1, 0.15) is 18.5 Å². The molecule has 0 unspecified atom stereocenters. The maximum atomic E-state index is 11.8. The molecule has 9 nitrogen and oxygen atoms in total. The van der Waals surface area contributed by atoms with Gasteiger partial charge in [-0.1, -0.05) is 6.07 Å². The standard InChI is InChI=1S/C24H24N6O3S/c1-29(21-6-2-4-18(27-21)19-5-3-13-33-19)15-16-8-11-30(12-9-16)23-25-10-7-17(26-23)14-20-22(31)28-24(32)34-20/h2-7,10,13-14,16H,8-9,11-12,15H2,1H3,(H,28,31,32)/b20-14-. The summed E-state index contributed by atoms with van der Waals surface area (Å²) in [4.78, 5) is 41.6. The van der Waals surface area contributed by atoms with Crippen LogP contribution in [0.25, 0.3) is 17.5 Å². The molecule has 2 amide bonds. The molecule has 10 heteroatoms. The Kier molecular flexibility index (Phi) is 6.31. The summed E-state index contributed by atoms with van der Waals surface area (Å²) in [6.45, 7) is 2.62. The molecule has 0 bridgehead atoms. The van der Waals surface area contributed by atoms with Crippen molar-refractivity contribution >= 4 is 40.8 Å². The van der Waals surface area contributed by atoms with Crippen LogP contribution in [-0.4, -0.2) is 52.8 Å². The summed E-state index contributed by atoms with van der Waals surface area (Å²) < 4.78 is 5.48. The minimum absolute atomic E-state index is 0.348. The average molecular weight is 477 g/mol. The zero-order valence-corrected chi connectivity index (χ0v) is 19.5. The van der Waals surface area contributed by atoms with E-state index in [1.165, 1.54) is 0 Å². The van der Waals surface area contributed by atoms with Crippen LogP contribution in [0.5, 0.6) is 0 Å². The van der Waals surface area contributed by atoms with Gasteiger partial charge in [0.25, 0.3) is 11.1 Å². The highest BCUT2D eigenvalue weighted by Crippen LogP contribution is 2.27. The second-order valence-electron chi connectivity index (χ2n) is 8.30. The minimum Gasteiger partial charge on any atom is -0.463 e. The first kappa shape index (κ1) is 22.1. The van der Waals surface area contributed by atoms with Crippen LogP contribution in [0.15, 0.2) is 58.2 Å². The van der Waals surface area contributed by atoms with Crippen molar-refractivity contribution in [3.8, 4) is 11.5 Å². The molecule has 5 rings (SSSR count). The Balaban J connectivity index is 1.19. The van der Waals surface area contributed by atoms with E-state index in [-0.39, 0.29) is 11.1 Å². The molecule has 2 saturated heterocycles. The number of pyridine rings is 1. The molecule has 5 heterocycles. The molecule has 0 saturated carbocycles. The van der Waals surface area contributed by atoms with Gasteiger partial charge in [-0.2, -0.15) is 0 Å². The van der Waals surface area contributed by atoms with E-state index in [0.29, 0.717) is 22.5 Å². The number of carbonyl (C=O) groups is 2. The van der Waals surface area contributed by atoms with Gasteiger partial charge in [0.05, 0.1) is 16.9 Å². The molecular formula is C24H24N6O3S. The van der Waals surface area contributed by atoms with Crippen molar-refractivity contribution in [2.45, 2.75) is 12.8 Å². The number of rotatable bonds is 6. The molecule has 0 aromatic carbocycles. The van der Waals surface area contributed by atoms with E-state index in [0.717, 1.165) is 61.5 Å². The summed E-state index contributed by atoms with van der Waals surface area (Å²) in [5.74, 6) is 2.48. The molecule has 0 aliphatic carbocycles. The van der Waals surface area contributed by atoms with Gasteiger partial charge in [-0.05, 0) is 66.9 Å². The van der Waals surface area contributed by atoms with E-state index in [2.05, 4.69) is 32.1 Å². The summed E-state index contributed by atoms with van der Waals surface area (Å²) in [6.07, 6.45) is 7.00. The van der Waals surface area contributed by atoms with Gasteiger partial charge < -0.3 is 14.2 Å². The molecule has 3 aromatic rings. The number of anilines is 2. The fourth-order valence-corrected chi connectivity index (χ4v) is 4.81. The predicted molar refractivity (Wildman–Crippen MR) is 131 cm³/mol. The monoisotopic (exact) mass is 476 g/mol. The molecule has 0 atom stereocenters. The summed E-state index contributed by atoms with van der Waals surface area (Å²) in [7, 11) is 2.07. The van der Waals surface area contributed by atoms with Crippen molar-refractivity contribution in [1.82, 2.24) is 20.3 Å². The lowest BCUT2D eigenvalue weighted by molar-refractivity contribution is -0.115. The largest absolute Gasteiger partial charge is 0.463 e. The number of furan rings is 1. The Morgan fingerprint density at radius 2 is 2.03 bits per heavy atom. The van der Waals surface area contributed by atoms with Crippen LogP contribution >= 0.6 is 11.8 Å². The van der Waals surface area contributed by atoms with Crippen LogP contribution < -0.4 is 15.1 Å². The third-order valence-corrected chi connectivity index (χ3v) is 6.72. The molecular weight excluding hydrogens is 452 g/mol. The quantitative estimate of drug-likeness (QED) is 0.532. The maximum absolute atomic E-state index is 11.8. The summed E-state index contributed by atoms with van der Waals surface area (Å²) in [6, 6.07) is 11.5. The van der Waals surface area contributed by atoms with Gasteiger partial charge >= 0.3 is 0 Å². The van der Waals surface area contributed by atoms with Crippen LogP contribution in [0.3, 0.4) is 0 Å². The fourth-order valence-electron chi connectivity index (χ4n) is 4.14. The Morgan fingerprint density at radius 3 is 2.76 bits per heavy atom. The number of amides is 2. The normalized spacial score (nSPS) is 17.9. The second kappa shape index (κ2) is 9.68. The molecule has 0 radical (unpaired) electrons. The number of imide groups is 1. The van der Waals surface area contributed by atoms with E-state index in [4.69, 9.17) is 9.40 Å². The van der Waals surface area contributed by atoms with E-state index < -0.39 is 0 Å². The smallest absolute Gasteiger partial charge is 0.290 e. The van der Waals surface area contributed by atoms with Crippen LogP contribution in [0.2, 0.25) is 0 Å². The lowest BCUT2D eigenvalue weighted by Crippen LogP contribution is -2.38. The first-order valence-corrected chi connectivity index (χ1v) is 11.9. The molecule has 3 aromatic heterocycles. The van der Waals surface area contributed by atoms with Crippen LogP contribution in [0, 0.1) is 5.92 Å². The fraction of sp³-hybridized carbons (Fsp3) is 0.292. The van der Waals surface area contributed by atoms with E-state index in [9.17, 15) is 9.59 Å². The summed E-state index contributed by atoms with van der Waals surface area (Å²) >= 11 is 0.887. The third-order valence-electron chi connectivity index (χ3n) is 5.91.